The minimum atomic E-state index is -0.588. The molecular formula is C23H23NO4. The third kappa shape index (κ3) is 5.42. The van der Waals surface area contributed by atoms with Gasteiger partial charge in [-0.2, -0.15) is 0 Å². The van der Waals surface area contributed by atoms with Crippen molar-refractivity contribution in [3.63, 3.8) is 0 Å². The monoisotopic (exact) mass is 377 g/mol. The highest BCUT2D eigenvalue weighted by atomic mass is 16.5. The van der Waals surface area contributed by atoms with Crippen molar-refractivity contribution < 1.29 is 19.5 Å². The fraction of sp³-hybridized carbons (Fsp3) is 0.174. The lowest BCUT2D eigenvalue weighted by Gasteiger charge is -2.16. The van der Waals surface area contributed by atoms with Gasteiger partial charge >= 0.3 is 0 Å². The first-order valence-electron chi connectivity index (χ1n) is 9.11. The van der Waals surface area contributed by atoms with Gasteiger partial charge in [-0.05, 0) is 28.8 Å². The Morgan fingerprint density at radius 2 is 1.43 bits per heavy atom. The van der Waals surface area contributed by atoms with Gasteiger partial charge in [-0.25, -0.2) is 5.48 Å². The molecule has 0 bridgehead atoms. The second-order valence-corrected chi connectivity index (χ2v) is 6.28. The number of hydrogen-bond acceptors (Lipinski definition) is 4. The fourth-order valence-electron chi connectivity index (χ4n) is 2.94. The van der Waals surface area contributed by atoms with Crippen LogP contribution in [-0.2, 0) is 16.1 Å². The second kappa shape index (κ2) is 10.3. The maximum Gasteiger partial charge on any atom is 0.255 e. The topological polar surface area (TPSA) is 67.8 Å². The lowest BCUT2D eigenvalue weighted by Crippen LogP contribution is -2.27. The van der Waals surface area contributed by atoms with Gasteiger partial charge in [0, 0.05) is 0 Å². The van der Waals surface area contributed by atoms with Crippen molar-refractivity contribution in [1.82, 2.24) is 5.48 Å². The Balaban J connectivity index is 1.54. The molecule has 5 heteroatoms. The van der Waals surface area contributed by atoms with E-state index >= 15 is 0 Å². The van der Waals surface area contributed by atoms with Crippen LogP contribution in [0.2, 0.25) is 0 Å². The molecule has 0 saturated carbocycles. The molecule has 0 spiro atoms. The van der Waals surface area contributed by atoms with Crippen molar-refractivity contribution in [3.8, 4) is 5.75 Å². The molecule has 1 atom stereocenters. The molecule has 5 nitrogen and oxygen atoms in total. The van der Waals surface area contributed by atoms with Gasteiger partial charge in [0.05, 0.1) is 19.1 Å². The highest BCUT2D eigenvalue weighted by Gasteiger charge is 2.22. The van der Waals surface area contributed by atoms with Gasteiger partial charge in [0.1, 0.15) is 12.4 Å². The van der Waals surface area contributed by atoms with Crippen molar-refractivity contribution in [2.45, 2.75) is 12.5 Å². The fourth-order valence-corrected chi connectivity index (χ4v) is 2.94. The summed E-state index contributed by atoms with van der Waals surface area (Å²) in [5.74, 6) is -0.369. The number of nitrogens with one attached hydrogen (secondary N) is 1. The first kappa shape index (κ1) is 19.6. The average Bonchev–Trinajstić information content (AvgIpc) is 2.76. The molecule has 28 heavy (non-hydrogen) atoms. The zero-order chi connectivity index (χ0) is 19.6. The van der Waals surface area contributed by atoms with E-state index in [0.29, 0.717) is 25.6 Å². The summed E-state index contributed by atoms with van der Waals surface area (Å²) in [6, 6.07) is 26.6. The number of hydrogen-bond donors (Lipinski definition) is 2. The van der Waals surface area contributed by atoms with E-state index in [-0.39, 0.29) is 0 Å². The van der Waals surface area contributed by atoms with Crippen molar-refractivity contribution in [2.24, 2.45) is 0 Å². The molecule has 3 aromatic carbocycles. The number of benzene rings is 3. The molecule has 0 aliphatic heterocycles. The molecule has 3 rings (SSSR count). The standard InChI is InChI=1S/C23H23NO4/c25-23(24-26)22(19-9-5-2-6-10-19)20-11-13-21(14-12-20)28-16-15-27-17-18-7-3-1-4-8-18/h1-14,22,26H,15-17H2,(H,24,25). The summed E-state index contributed by atoms with van der Waals surface area (Å²) in [5, 5.41) is 9.09. The van der Waals surface area contributed by atoms with Gasteiger partial charge in [0.25, 0.3) is 5.91 Å². The Hall–Kier alpha value is -3.15. The van der Waals surface area contributed by atoms with E-state index in [2.05, 4.69) is 0 Å². The number of carbonyl (C=O) groups is 1. The van der Waals surface area contributed by atoms with E-state index in [4.69, 9.17) is 14.7 Å². The molecule has 0 aromatic heterocycles. The van der Waals surface area contributed by atoms with Crippen LogP contribution in [0.15, 0.2) is 84.9 Å². The minimum absolute atomic E-state index is 0.436. The van der Waals surface area contributed by atoms with Crippen LogP contribution in [0.1, 0.15) is 22.6 Å². The first-order chi connectivity index (χ1) is 13.8. The van der Waals surface area contributed by atoms with Crippen LogP contribution in [-0.4, -0.2) is 24.3 Å². The van der Waals surface area contributed by atoms with Crippen LogP contribution in [0.25, 0.3) is 0 Å². The molecule has 0 aliphatic carbocycles. The number of hydroxylamine groups is 1. The van der Waals surface area contributed by atoms with Gasteiger partial charge in [-0.15, -0.1) is 0 Å². The summed E-state index contributed by atoms with van der Waals surface area (Å²) in [7, 11) is 0. The normalized spacial score (nSPS) is 11.6. The third-order valence-electron chi connectivity index (χ3n) is 4.33. The van der Waals surface area contributed by atoms with Crippen LogP contribution in [0.4, 0.5) is 0 Å². The zero-order valence-corrected chi connectivity index (χ0v) is 15.5. The Bertz CT molecular complexity index is 851. The van der Waals surface area contributed by atoms with E-state index in [1.165, 1.54) is 0 Å². The molecule has 0 heterocycles. The summed E-state index contributed by atoms with van der Waals surface area (Å²) in [5.41, 5.74) is 4.45. The van der Waals surface area contributed by atoms with Crippen LogP contribution < -0.4 is 10.2 Å². The Kier molecular flexibility index (Phi) is 7.18. The average molecular weight is 377 g/mol. The molecule has 0 fully saturated rings. The van der Waals surface area contributed by atoms with E-state index < -0.39 is 11.8 Å². The molecular weight excluding hydrogens is 354 g/mol. The van der Waals surface area contributed by atoms with E-state index in [0.717, 1.165) is 16.7 Å². The van der Waals surface area contributed by atoms with Crippen molar-refractivity contribution in [2.75, 3.05) is 13.2 Å². The van der Waals surface area contributed by atoms with E-state index in [1.54, 1.807) is 5.48 Å². The van der Waals surface area contributed by atoms with Gasteiger partial charge < -0.3 is 9.47 Å². The van der Waals surface area contributed by atoms with Crippen LogP contribution >= 0.6 is 0 Å². The van der Waals surface area contributed by atoms with E-state index in [9.17, 15) is 4.79 Å². The minimum Gasteiger partial charge on any atom is -0.491 e. The molecule has 1 unspecified atom stereocenters. The summed E-state index contributed by atoms with van der Waals surface area (Å²) in [6.07, 6.45) is 0. The highest BCUT2D eigenvalue weighted by molar-refractivity contribution is 5.86. The molecule has 144 valence electrons. The first-order valence-corrected chi connectivity index (χ1v) is 9.11. The largest absolute Gasteiger partial charge is 0.491 e. The van der Waals surface area contributed by atoms with Gasteiger partial charge in [0.2, 0.25) is 0 Å². The maximum absolute atomic E-state index is 12.1. The van der Waals surface area contributed by atoms with Gasteiger partial charge in [-0.3, -0.25) is 10.0 Å². The predicted molar refractivity (Wildman–Crippen MR) is 106 cm³/mol. The van der Waals surface area contributed by atoms with Gasteiger partial charge in [0.15, 0.2) is 0 Å². The Morgan fingerprint density at radius 3 is 2.07 bits per heavy atom. The summed E-state index contributed by atoms with van der Waals surface area (Å²) < 4.78 is 11.3. The zero-order valence-electron chi connectivity index (χ0n) is 15.5. The van der Waals surface area contributed by atoms with Crippen molar-refractivity contribution in [3.05, 3.63) is 102 Å². The maximum atomic E-state index is 12.1. The summed E-state index contributed by atoms with van der Waals surface area (Å²) >= 11 is 0. The number of amides is 1. The summed E-state index contributed by atoms with van der Waals surface area (Å²) in [4.78, 5) is 12.1. The molecule has 2 N–H and O–H groups in total. The highest BCUT2D eigenvalue weighted by Crippen LogP contribution is 2.26. The smallest absolute Gasteiger partial charge is 0.255 e. The van der Waals surface area contributed by atoms with Crippen LogP contribution in [0.5, 0.6) is 5.75 Å². The molecule has 3 aromatic rings. The summed E-state index contributed by atoms with van der Waals surface area (Å²) in [6.45, 7) is 1.47. The van der Waals surface area contributed by atoms with Crippen molar-refractivity contribution in [1.29, 1.82) is 0 Å². The second-order valence-electron chi connectivity index (χ2n) is 6.28. The number of carbonyl (C=O) groups excluding carboxylic acids is 1. The predicted octanol–water partition coefficient (Wildman–Crippen LogP) is 3.92. The van der Waals surface area contributed by atoms with Crippen LogP contribution in [0, 0.1) is 0 Å². The lowest BCUT2D eigenvalue weighted by molar-refractivity contribution is -0.129. The molecule has 0 saturated heterocycles. The molecule has 0 radical (unpaired) electrons. The third-order valence-corrected chi connectivity index (χ3v) is 4.33. The molecule has 1 amide bonds. The quantitative estimate of drug-likeness (QED) is 0.337. The van der Waals surface area contributed by atoms with E-state index in [1.807, 2.05) is 84.9 Å². The van der Waals surface area contributed by atoms with Gasteiger partial charge in [-0.1, -0.05) is 72.8 Å². The Morgan fingerprint density at radius 1 is 0.821 bits per heavy atom. The number of rotatable bonds is 9. The molecule has 0 aliphatic rings. The van der Waals surface area contributed by atoms with Crippen molar-refractivity contribution >= 4 is 5.91 Å². The lowest BCUT2D eigenvalue weighted by atomic mass is 9.91. The van der Waals surface area contributed by atoms with Crippen LogP contribution in [0.3, 0.4) is 0 Å². The number of ether oxygens (including phenoxy) is 2. The SMILES string of the molecule is O=C(NO)C(c1ccccc1)c1ccc(OCCOCc2ccccc2)cc1. The Labute approximate surface area is 164 Å².